The Balaban J connectivity index is 1.90. The molecule has 0 amide bonds. The molecule has 3 rings (SSSR count). The smallest absolute Gasteiger partial charge is 0.293 e. The average Bonchev–Trinajstić information content (AvgIpc) is 2.61. The van der Waals surface area contributed by atoms with E-state index in [1.54, 1.807) is 24.3 Å². The standard InChI is InChI=1S/C17H14FN3O3/c18-14-3-1-2-13(9-14)17-11-20(6-7-24-17)15-5-4-12(10-19)8-16(15)21(22)23/h1-5,8-9,17H,6-7,11H2/t17-/m1/s1. The third kappa shape index (κ3) is 3.19. The Morgan fingerprint density at radius 1 is 1.33 bits per heavy atom. The summed E-state index contributed by atoms with van der Waals surface area (Å²) in [4.78, 5) is 12.7. The molecule has 1 aliphatic heterocycles. The fourth-order valence-electron chi connectivity index (χ4n) is 2.78. The largest absolute Gasteiger partial charge is 0.370 e. The van der Waals surface area contributed by atoms with E-state index in [-0.39, 0.29) is 23.2 Å². The van der Waals surface area contributed by atoms with Gasteiger partial charge in [-0.3, -0.25) is 10.1 Å². The molecule has 7 heteroatoms. The highest BCUT2D eigenvalue weighted by Gasteiger charge is 2.27. The molecule has 0 radical (unpaired) electrons. The van der Waals surface area contributed by atoms with Crippen LogP contribution in [0.15, 0.2) is 42.5 Å². The quantitative estimate of drug-likeness (QED) is 0.639. The number of anilines is 1. The molecule has 1 aliphatic rings. The number of nitrogens with zero attached hydrogens (tertiary/aromatic N) is 3. The van der Waals surface area contributed by atoms with Crippen LogP contribution in [0.4, 0.5) is 15.8 Å². The Kier molecular flexibility index (Phi) is 4.40. The van der Waals surface area contributed by atoms with E-state index in [9.17, 15) is 14.5 Å². The molecule has 1 saturated heterocycles. The lowest BCUT2D eigenvalue weighted by Crippen LogP contribution is -2.38. The lowest BCUT2D eigenvalue weighted by molar-refractivity contribution is -0.384. The van der Waals surface area contributed by atoms with Crippen molar-refractivity contribution in [3.63, 3.8) is 0 Å². The number of benzene rings is 2. The summed E-state index contributed by atoms with van der Waals surface area (Å²) >= 11 is 0. The summed E-state index contributed by atoms with van der Waals surface area (Å²) in [5, 5.41) is 20.2. The van der Waals surface area contributed by atoms with E-state index in [1.807, 2.05) is 11.0 Å². The summed E-state index contributed by atoms with van der Waals surface area (Å²) in [7, 11) is 0. The molecule has 0 aromatic heterocycles. The molecule has 0 saturated carbocycles. The fraction of sp³-hybridized carbons (Fsp3) is 0.235. The Hall–Kier alpha value is -2.98. The highest BCUT2D eigenvalue weighted by atomic mass is 19.1. The van der Waals surface area contributed by atoms with Crippen LogP contribution in [-0.4, -0.2) is 24.6 Å². The predicted octanol–water partition coefficient (Wildman–Crippen LogP) is 3.18. The van der Waals surface area contributed by atoms with Crippen LogP contribution < -0.4 is 4.90 Å². The number of nitro groups is 1. The van der Waals surface area contributed by atoms with Gasteiger partial charge in [0.15, 0.2) is 0 Å². The maximum Gasteiger partial charge on any atom is 0.293 e. The zero-order valence-corrected chi connectivity index (χ0v) is 12.7. The van der Waals surface area contributed by atoms with E-state index in [4.69, 9.17) is 10.00 Å². The first-order valence-electron chi connectivity index (χ1n) is 7.39. The lowest BCUT2D eigenvalue weighted by Gasteiger charge is -2.34. The van der Waals surface area contributed by atoms with Gasteiger partial charge in [0.2, 0.25) is 0 Å². The second-order valence-corrected chi connectivity index (χ2v) is 5.43. The number of hydrogen-bond acceptors (Lipinski definition) is 5. The van der Waals surface area contributed by atoms with Gasteiger partial charge in [-0.05, 0) is 29.8 Å². The molecule has 0 spiro atoms. The van der Waals surface area contributed by atoms with Crippen LogP contribution in [0.2, 0.25) is 0 Å². The molecular weight excluding hydrogens is 313 g/mol. The lowest BCUT2D eigenvalue weighted by atomic mass is 10.1. The summed E-state index contributed by atoms with van der Waals surface area (Å²) in [6.45, 7) is 1.23. The van der Waals surface area contributed by atoms with E-state index in [0.29, 0.717) is 30.9 Å². The minimum Gasteiger partial charge on any atom is -0.370 e. The third-order valence-electron chi connectivity index (χ3n) is 3.93. The Morgan fingerprint density at radius 3 is 2.88 bits per heavy atom. The molecule has 2 aromatic rings. The molecule has 6 nitrogen and oxygen atoms in total. The SMILES string of the molecule is N#Cc1ccc(N2CCO[C@@H](c3cccc(F)c3)C2)c([N+](=O)[O-])c1. The maximum absolute atomic E-state index is 13.4. The van der Waals surface area contributed by atoms with Gasteiger partial charge in [-0.2, -0.15) is 5.26 Å². The van der Waals surface area contributed by atoms with Gasteiger partial charge in [0.1, 0.15) is 17.6 Å². The highest BCUT2D eigenvalue weighted by molar-refractivity contribution is 5.66. The summed E-state index contributed by atoms with van der Waals surface area (Å²) in [6, 6.07) is 12.4. The summed E-state index contributed by atoms with van der Waals surface area (Å²) in [5.41, 5.74) is 1.24. The molecule has 0 unspecified atom stereocenters. The van der Waals surface area contributed by atoms with Gasteiger partial charge >= 0.3 is 0 Å². The van der Waals surface area contributed by atoms with Crippen molar-refractivity contribution in [1.29, 1.82) is 5.26 Å². The molecule has 0 N–H and O–H groups in total. The van der Waals surface area contributed by atoms with Crippen molar-refractivity contribution in [1.82, 2.24) is 0 Å². The first kappa shape index (κ1) is 15.9. The van der Waals surface area contributed by atoms with E-state index < -0.39 is 4.92 Å². The summed E-state index contributed by atoms with van der Waals surface area (Å²) < 4.78 is 19.1. The number of hydrogen-bond donors (Lipinski definition) is 0. The summed E-state index contributed by atoms with van der Waals surface area (Å²) in [5.74, 6) is -0.349. The molecule has 1 heterocycles. The summed E-state index contributed by atoms with van der Waals surface area (Å²) in [6.07, 6.45) is -0.371. The zero-order valence-electron chi connectivity index (χ0n) is 12.7. The normalized spacial score (nSPS) is 17.3. The first-order chi connectivity index (χ1) is 11.6. The van der Waals surface area contributed by atoms with E-state index >= 15 is 0 Å². The minimum atomic E-state index is -0.497. The minimum absolute atomic E-state index is 0.117. The van der Waals surface area contributed by atoms with Gasteiger partial charge in [0.05, 0.1) is 23.2 Å². The fourth-order valence-corrected chi connectivity index (χ4v) is 2.78. The average molecular weight is 327 g/mol. The zero-order chi connectivity index (χ0) is 17.1. The van der Waals surface area contributed by atoms with Gasteiger partial charge in [-0.1, -0.05) is 12.1 Å². The molecule has 0 aliphatic carbocycles. The van der Waals surface area contributed by atoms with Crippen LogP contribution in [-0.2, 0) is 4.74 Å². The van der Waals surface area contributed by atoms with E-state index in [0.717, 1.165) is 0 Å². The van der Waals surface area contributed by atoms with Crippen LogP contribution in [0.3, 0.4) is 0 Å². The van der Waals surface area contributed by atoms with E-state index in [1.165, 1.54) is 18.2 Å². The van der Waals surface area contributed by atoms with Crippen LogP contribution in [0, 0.1) is 27.3 Å². The number of halogens is 1. The van der Waals surface area contributed by atoms with Crippen LogP contribution in [0.1, 0.15) is 17.2 Å². The second kappa shape index (κ2) is 6.64. The Bertz CT molecular complexity index is 819. The van der Waals surface area contributed by atoms with Crippen LogP contribution in [0.5, 0.6) is 0 Å². The van der Waals surface area contributed by atoms with Crippen molar-refractivity contribution in [2.24, 2.45) is 0 Å². The Morgan fingerprint density at radius 2 is 2.17 bits per heavy atom. The number of morpholine rings is 1. The van der Waals surface area contributed by atoms with Crippen LogP contribution in [0.25, 0.3) is 0 Å². The Labute approximate surface area is 137 Å². The molecule has 122 valence electrons. The second-order valence-electron chi connectivity index (χ2n) is 5.43. The monoisotopic (exact) mass is 327 g/mol. The van der Waals surface area contributed by atoms with Crippen molar-refractivity contribution in [3.8, 4) is 6.07 Å². The van der Waals surface area contributed by atoms with Gasteiger partial charge in [0.25, 0.3) is 5.69 Å². The van der Waals surface area contributed by atoms with Crippen molar-refractivity contribution in [2.75, 3.05) is 24.6 Å². The topological polar surface area (TPSA) is 79.4 Å². The molecule has 24 heavy (non-hydrogen) atoms. The van der Waals surface area contributed by atoms with Crippen LogP contribution >= 0.6 is 0 Å². The molecule has 1 fully saturated rings. The highest BCUT2D eigenvalue weighted by Crippen LogP contribution is 2.33. The van der Waals surface area contributed by atoms with Gasteiger partial charge in [-0.15, -0.1) is 0 Å². The molecule has 2 aromatic carbocycles. The number of rotatable bonds is 3. The van der Waals surface area contributed by atoms with E-state index in [2.05, 4.69) is 0 Å². The predicted molar refractivity (Wildman–Crippen MR) is 85.1 cm³/mol. The van der Waals surface area contributed by atoms with Crippen molar-refractivity contribution in [2.45, 2.75) is 6.10 Å². The molecule has 0 bridgehead atoms. The van der Waals surface area contributed by atoms with Crippen molar-refractivity contribution in [3.05, 3.63) is 69.5 Å². The number of nitriles is 1. The van der Waals surface area contributed by atoms with Gasteiger partial charge in [0, 0.05) is 19.2 Å². The molecule has 1 atom stereocenters. The van der Waals surface area contributed by atoms with Gasteiger partial charge in [-0.25, -0.2) is 4.39 Å². The third-order valence-corrected chi connectivity index (χ3v) is 3.93. The van der Waals surface area contributed by atoms with Crippen molar-refractivity contribution < 1.29 is 14.1 Å². The maximum atomic E-state index is 13.4. The van der Waals surface area contributed by atoms with Crippen molar-refractivity contribution >= 4 is 11.4 Å². The van der Waals surface area contributed by atoms with Gasteiger partial charge < -0.3 is 9.64 Å². The number of nitro benzene ring substituents is 1. The number of ether oxygens (including phenoxy) is 1. The first-order valence-corrected chi connectivity index (χ1v) is 7.39. The molecular formula is C17H14FN3O3.